The van der Waals surface area contributed by atoms with Gasteiger partial charge < -0.3 is 10.6 Å². The third-order valence-electron chi connectivity index (χ3n) is 2.68. The van der Waals surface area contributed by atoms with E-state index in [1.807, 2.05) is 12.4 Å². The number of carbonyl (C=O) groups is 1. The van der Waals surface area contributed by atoms with Crippen molar-refractivity contribution >= 4 is 22.9 Å². The van der Waals surface area contributed by atoms with Crippen LogP contribution in [0.15, 0.2) is 11.4 Å². The van der Waals surface area contributed by atoms with Crippen LogP contribution in [-0.4, -0.2) is 23.9 Å². The molecule has 1 heterocycles. The third kappa shape index (κ3) is 2.98. The number of rotatable bonds is 4. The van der Waals surface area contributed by atoms with Crippen molar-refractivity contribution in [3.63, 3.8) is 0 Å². The summed E-state index contributed by atoms with van der Waals surface area (Å²) in [5.41, 5.74) is 6.33. The van der Waals surface area contributed by atoms with Gasteiger partial charge >= 0.3 is 0 Å². The largest absolute Gasteiger partial charge is 0.397 e. The molecule has 16 heavy (non-hydrogen) atoms. The maximum absolute atomic E-state index is 12.1. The van der Waals surface area contributed by atoms with Crippen LogP contribution in [0, 0.1) is 5.92 Å². The molecule has 0 aliphatic rings. The topological polar surface area (TPSA) is 46.3 Å². The minimum Gasteiger partial charge on any atom is -0.397 e. The van der Waals surface area contributed by atoms with Crippen LogP contribution in [0.3, 0.4) is 0 Å². The van der Waals surface area contributed by atoms with Gasteiger partial charge in [0.2, 0.25) is 0 Å². The molecule has 0 spiro atoms. The minimum absolute atomic E-state index is 0.0284. The molecule has 0 saturated heterocycles. The summed E-state index contributed by atoms with van der Waals surface area (Å²) in [6.45, 7) is 6.39. The van der Waals surface area contributed by atoms with Gasteiger partial charge in [0.15, 0.2) is 0 Å². The van der Waals surface area contributed by atoms with Gasteiger partial charge in [-0.05, 0) is 30.7 Å². The Hall–Kier alpha value is -1.03. The lowest BCUT2D eigenvalue weighted by atomic mass is 10.0. The third-order valence-corrected chi connectivity index (χ3v) is 3.60. The van der Waals surface area contributed by atoms with Crippen LogP contribution in [0.4, 0.5) is 5.69 Å². The number of nitrogen functional groups attached to an aromatic ring is 1. The quantitative estimate of drug-likeness (QED) is 0.879. The van der Waals surface area contributed by atoms with Crippen molar-refractivity contribution in [2.45, 2.75) is 33.2 Å². The molecule has 4 heteroatoms. The smallest absolute Gasteiger partial charge is 0.266 e. The van der Waals surface area contributed by atoms with Crippen LogP contribution >= 0.6 is 11.3 Å². The Balaban J connectivity index is 2.71. The van der Waals surface area contributed by atoms with E-state index < -0.39 is 0 Å². The monoisotopic (exact) mass is 240 g/mol. The zero-order valence-corrected chi connectivity index (χ0v) is 11.2. The van der Waals surface area contributed by atoms with Gasteiger partial charge in [0.1, 0.15) is 4.88 Å². The first-order valence-electron chi connectivity index (χ1n) is 5.53. The molecule has 90 valence electrons. The summed E-state index contributed by atoms with van der Waals surface area (Å²) in [6, 6.07) is 2.02. The van der Waals surface area contributed by atoms with E-state index in [2.05, 4.69) is 20.8 Å². The highest BCUT2D eigenvalue weighted by atomic mass is 32.1. The molecule has 1 aromatic heterocycles. The van der Waals surface area contributed by atoms with Gasteiger partial charge in [-0.15, -0.1) is 11.3 Å². The molecule has 1 unspecified atom stereocenters. The zero-order chi connectivity index (χ0) is 12.3. The first-order valence-corrected chi connectivity index (χ1v) is 6.41. The molecule has 1 rings (SSSR count). The normalized spacial score (nSPS) is 12.8. The summed E-state index contributed by atoms with van der Waals surface area (Å²) in [6.07, 6.45) is 1.01. The van der Waals surface area contributed by atoms with Gasteiger partial charge in [-0.3, -0.25) is 4.79 Å². The van der Waals surface area contributed by atoms with Crippen LogP contribution in [0.5, 0.6) is 0 Å². The highest BCUT2D eigenvalue weighted by Crippen LogP contribution is 2.22. The highest BCUT2D eigenvalue weighted by Gasteiger charge is 2.20. The van der Waals surface area contributed by atoms with E-state index in [4.69, 9.17) is 5.73 Å². The molecule has 1 aromatic rings. The highest BCUT2D eigenvalue weighted by molar-refractivity contribution is 7.12. The average molecular weight is 240 g/mol. The molecule has 0 bridgehead atoms. The van der Waals surface area contributed by atoms with Crippen LogP contribution in [-0.2, 0) is 0 Å². The Morgan fingerprint density at radius 3 is 2.56 bits per heavy atom. The molecule has 1 atom stereocenters. The molecule has 0 aliphatic heterocycles. The first-order chi connectivity index (χ1) is 7.43. The number of hydrogen-bond acceptors (Lipinski definition) is 3. The summed E-state index contributed by atoms with van der Waals surface area (Å²) in [7, 11) is 1.84. The average Bonchev–Trinajstić information content (AvgIpc) is 2.61. The molecule has 0 aliphatic carbocycles. The number of thiophene rings is 1. The number of nitrogens with two attached hydrogens (primary N) is 1. The summed E-state index contributed by atoms with van der Waals surface area (Å²) in [4.78, 5) is 14.5. The number of nitrogens with zero attached hydrogens (tertiary/aromatic N) is 1. The van der Waals surface area contributed by atoms with Crippen LogP contribution in [0.1, 0.15) is 36.9 Å². The van der Waals surface area contributed by atoms with Crippen molar-refractivity contribution in [2.75, 3.05) is 12.8 Å². The summed E-state index contributed by atoms with van der Waals surface area (Å²) < 4.78 is 0. The molecular weight excluding hydrogens is 220 g/mol. The lowest BCUT2D eigenvalue weighted by Gasteiger charge is -2.26. The van der Waals surface area contributed by atoms with Crippen molar-refractivity contribution in [1.29, 1.82) is 0 Å². The van der Waals surface area contributed by atoms with E-state index in [1.165, 1.54) is 11.3 Å². The lowest BCUT2D eigenvalue weighted by molar-refractivity contribution is 0.0734. The van der Waals surface area contributed by atoms with Gasteiger partial charge in [-0.25, -0.2) is 0 Å². The van der Waals surface area contributed by atoms with Gasteiger partial charge in [0.25, 0.3) is 5.91 Å². The van der Waals surface area contributed by atoms with Crippen LogP contribution in [0.25, 0.3) is 0 Å². The maximum atomic E-state index is 12.1. The van der Waals surface area contributed by atoms with Gasteiger partial charge in [0.05, 0.1) is 5.69 Å². The van der Waals surface area contributed by atoms with E-state index in [1.54, 1.807) is 11.0 Å². The van der Waals surface area contributed by atoms with Gasteiger partial charge in [-0.2, -0.15) is 0 Å². The number of amides is 1. The molecule has 0 aromatic carbocycles. The maximum Gasteiger partial charge on any atom is 0.266 e. The number of anilines is 1. The van der Waals surface area contributed by atoms with E-state index in [9.17, 15) is 4.79 Å². The Morgan fingerprint density at radius 1 is 1.50 bits per heavy atom. The van der Waals surface area contributed by atoms with Crippen molar-refractivity contribution in [3.05, 3.63) is 16.3 Å². The van der Waals surface area contributed by atoms with Crippen molar-refractivity contribution in [3.8, 4) is 0 Å². The second-order valence-electron chi connectivity index (χ2n) is 4.60. The van der Waals surface area contributed by atoms with E-state index >= 15 is 0 Å². The Kier molecular flexibility index (Phi) is 4.35. The van der Waals surface area contributed by atoms with Crippen LogP contribution in [0.2, 0.25) is 0 Å². The molecule has 1 amide bonds. The summed E-state index contributed by atoms with van der Waals surface area (Å²) >= 11 is 1.41. The van der Waals surface area contributed by atoms with Crippen molar-refractivity contribution in [2.24, 2.45) is 5.92 Å². The Bertz CT molecular complexity index is 360. The predicted molar refractivity (Wildman–Crippen MR) is 69.7 cm³/mol. The molecule has 0 radical (unpaired) electrons. The molecule has 0 saturated carbocycles. The van der Waals surface area contributed by atoms with Gasteiger partial charge in [0, 0.05) is 13.1 Å². The minimum atomic E-state index is 0.0284. The first kappa shape index (κ1) is 13.0. The summed E-state index contributed by atoms with van der Waals surface area (Å²) in [5, 5.41) is 1.85. The Labute approximate surface area is 101 Å². The second kappa shape index (κ2) is 5.34. The SMILES string of the molecule is CC(C)CC(C)N(C)C(=O)c1sccc1N. The van der Waals surface area contributed by atoms with Crippen molar-refractivity contribution < 1.29 is 4.79 Å². The number of hydrogen-bond donors (Lipinski definition) is 1. The van der Waals surface area contributed by atoms with E-state index in [-0.39, 0.29) is 11.9 Å². The fourth-order valence-corrected chi connectivity index (χ4v) is 2.49. The number of carbonyl (C=O) groups excluding carboxylic acids is 1. The molecular formula is C12H20N2OS. The van der Waals surface area contributed by atoms with E-state index in [0.717, 1.165) is 6.42 Å². The lowest BCUT2D eigenvalue weighted by Crippen LogP contribution is -2.35. The van der Waals surface area contributed by atoms with Crippen molar-refractivity contribution in [1.82, 2.24) is 4.90 Å². The van der Waals surface area contributed by atoms with Crippen LogP contribution < -0.4 is 5.73 Å². The Morgan fingerprint density at radius 2 is 2.12 bits per heavy atom. The second-order valence-corrected chi connectivity index (χ2v) is 5.52. The zero-order valence-electron chi connectivity index (χ0n) is 10.4. The van der Waals surface area contributed by atoms with E-state index in [0.29, 0.717) is 16.5 Å². The summed E-state index contributed by atoms with van der Waals surface area (Å²) in [5.74, 6) is 0.617. The predicted octanol–water partition coefficient (Wildman–Crippen LogP) is 2.84. The fraction of sp³-hybridized carbons (Fsp3) is 0.583. The molecule has 3 nitrogen and oxygen atoms in total. The van der Waals surface area contributed by atoms with Gasteiger partial charge in [-0.1, -0.05) is 13.8 Å². The molecule has 0 fully saturated rings. The standard InChI is InChI=1S/C12H20N2OS/c1-8(2)7-9(3)14(4)12(15)11-10(13)5-6-16-11/h5-6,8-9H,7,13H2,1-4H3. The molecule has 2 N–H and O–H groups in total. The fourth-order valence-electron chi connectivity index (χ4n) is 1.69.